The molecule has 2 atom stereocenters. The summed E-state index contributed by atoms with van der Waals surface area (Å²) in [5, 5.41) is 1.93. The van der Waals surface area contributed by atoms with Crippen molar-refractivity contribution in [3.63, 3.8) is 0 Å². The van der Waals surface area contributed by atoms with E-state index < -0.39 is 23.7 Å². The minimum Gasteiger partial charge on any atom is -0.456 e. The highest BCUT2D eigenvalue weighted by atomic mass is 79.9. The zero-order chi connectivity index (χ0) is 22.1. The summed E-state index contributed by atoms with van der Waals surface area (Å²) in [6.45, 7) is 6.84. The number of ether oxygens (including phenoxy) is 2. The molecule has 0 bridgehead atoms. The van der Waals surface area contributed by atoms with Gasteiger partial charge in [-0.05, 0) is 69.5 Å². The van der Waals surface area contributed by atoms with Gasteiger partial charge in [-0.2, -0.15) is 0 Å². The summed E-state index contributed by atoms with van der Waals surface area (Å²) in [4.78, 5) is 39.1. The van der Waals surface area contributed by atoms with Crippen LogP contribution >= 0.6 is 15.9 Å². The first-order valence-corrected chi connectivity index (χ1v) is 10.7. The van der Waals surface area contributed by atoms with Gasteiger partial charge in [0, 0.05) is 16.1 Å². The van der Waals surface area contributed by atoms with Gasteiger partial charge in [0.15, 0.2) is 12.4 Å². The summed E-state index contributed by atoms with van der Waals surface area (Å²) in [7, 11) is 0. The Morgan fingerprint density at radius 1 is 1.07 bits per heavy atom. The van der Waals surface area contributed by atoms with E-state index in [1.54, 1.807) is 32.9 Å². The summed E-state index contributed by atoms with van der Waals surface area (Å²) in [5.74, 6) is -0.869. The molecule has 0 aromatic heterocycles. The number of carbonyl (C=O) groups is 3. The standard InChI is InChI=1S/C23H26BrNO5/c1-14-5-10-19(25(14)22(28)30-23(2,3)4)21(27)29-13-20(26)17-7-6-16-12-18(24)9-8-15(16)11-17/h6-9,11-12,14,19H,5,10,13H2,1-4H3. The Balaban J connectivity index is 1.64. The zero-order valence-electron chi connectivity index (χ0n) is 17.6. The fourth-order valence-electron chi connectivity index (χ4n) is 3.54. The highest BCUT2D eigenvalue weighted by Crippen LogP contribution is 2.27. The van der Waals surface area contributed by atoms with E-state index >= 15 is 0 Å². The van der Waals surface area contributed by atoms with Crippen molar-refractivity contribution < 1.29 is 23.9 Å². The third kappa shape index (κ3) is 5.19. The third-order valence-corrected chi connectivity index (χ3v) is 5.51. The fraction of sp³-hybridized carbons (Fsp3) is 0.435. The molecule has 7 heteroatoms. The smallest absolute Gasteiger partial charge is 0.411 e. The normalized spacial score (nSPS) is 19.0. The van der Waals surface area contributed by atoms with Crippen LogP contribution in [0.1, 0.15) is 50.9 Å². The van der Waals surface area contributed by atoms with E-state index in [0.29, 0.717) is 18.4 Å². The lowest BCUT2D eigenvalue weighted by Crippen LogP contribution is -2.47. The number of hydrogen-bond donors (Lipinski definition) is 0. The summed E-state index contributed by atoms with van der Waals surface area (Å²) >= 11 is 3.43. The molecular formula is C23H26BrNO5. The van der Waals surface area contributed by atoms with Crippen LogP contribution in [-0.2, 0) is 14.3 Å². The molecule has 1 heterocycles. The molecule has 30 heavy (non-hydrogen) atoms. The SMILES string of the molecule is CC1CCC(C(=O)OCC(=O)c2ccc3cc(Br)ccc3c2)N1C(=O)OC(C)(C)C. The Kier molecular flexibility index (Phi) is 6.50. The van der Waals surface area contributed by atoms with Crippen molar-refractivity contribution in [2.75, 3.05) is 6.61 Å². The topological polar surface area (TPSA) is 72.9 Å². The van der Waals surface area contributed by atoms with Gasteiger partial charge >= 0.3 is 12.1 Å². The van der Waals surface area contributed by atoms with Gasteiger partial charge in [-0.25, -0.2) is 9.59 Å². The maximum atomic E-state index is 12.6. The highest BCUT2D eigenvalue weighted by molar-refractivity contribution is 9.10. The van der Waals surface area contributed by atoms with Crippen LogP contribution < -0.4 is 0 Å². The van der Waals surface area contributed by atoms with Gasteiger partial charge in [-0.15, -0.1) is 0 Å². The third-order valence-electron chi connectivity index (χ3n) is 5.01. The Labute approximate surface area is 184 Å². The first-order valence-electron chi connectivity index (χ1n) is 9.95. The largest absolute Gasteiger partial charge is 0.456 e. The lowest BCUT2D eigenvalue weighted by atomic mass is 10.0. The van der Waals surface area contributed by atoms with Crippen LogP contribution in [0.2, 0.25) is 0 Å². The summed E-state index contributed by atoms with van der Waals surface area (Å²) in [6, 6.07) is 10.3. The van der Waals surface area contributed by atoms with E-state index in [2.05, 4.69) is 15.9 Å². The fourth-order valence-corrected chi connectivity index (χ4v) is 3.92. The maximum Gasteiger partial charge on any atom is 0.411 e. The predicted octanol–water partition coefficient (Wildman–Crippen LogP) is 5.12. The number of halogens is 1. The van der Waals surface area contributed by atoms with E-state index in [1.807, 2.05) is 31.2 Å². The van der Waals surface area contributed by atoms with E-state index in [4.69, 9.17) is 9.47 Å². The Hall–Kier alpha value is -2.41. The summed E-state index contributed by atoms with van der Waals surface area (Å²) < 4.78 is 11.7. The molecular weight excluding hydrogens is 450 g/mol. The second-order valence-electron chi connectivity index (χ2n) is 8.57. The second-order valence-corrected chi connectivity index (χ2v) is 9.48. The first kappa shape index (κ1) is 22.3. The number of ketones is 1. The number of esters is 1. The van der Waals surface area contributed by atoms with Gasteiger partial charge in [0.1, 0.15) is 11.6 Å². The van der Waals surface area contributed by atoms with Crippen molar-refractivity contribution in [1.29, 1.82) is 0 Å². The van der Waals surface area contributed by atoms with Gasteiger partial charge < -0.3 is 9.47 Å². The quantitative estimate of drug-likeness (QED) is 0.453. The molecule has 2 aromatic carbocycles. The lowest BCUT2D eigenvalue weighted by molar-refractivity contribution is -0.148. The van der Waals surface area contributed by atoms with Crippen molar-refractivity contribution in [2.24, 2.45) is 0 Å². The van der Waals surface area contributed by atoms with Gasteiger partial charge in [0.05, 0.1) is 0 Å². The molecule has 0 N–H and O–H groups in total. The number of nitrogens with zero attached hydrogens (tertiary/aromatic N) is 1. The number of Topliss-reactive ketones (excluding diaryl/α,β-unsaturated/α-hetero) is 1. The molecule has 0 aliphatic carbocycles. The van der Waals surface area contributed by atoms with Crippen LogP contribution in [0, 0.1) is 0 Å². The number of likely N-dealkylation sites (tertiary alicyclic amines) is 1. The first-order chi connectivity index (χ1) is 14.0. The van der Waals surface area contributed by atoms with Crippen LogP contribution in [0.4, 0.5) is 4.79 Å². The molecule has 2 unspecified atom stereocenters. The second kappa shape index (κ2) is 8.76. The van der Waals surface area contributed by atoms with E-state index in [1.165, 1.54) is 4.90 Å². The van der Waals surface area contributed by atoms with Crippen LogP contribution in [0.15, 0.2) is 40.9 Å². The molecule has 1 fully saturated rings. The molecule has 6 nitrogen and oxygen atoms in total. The van der Waals surface area contributed by atoms with E-state index in [9.17, 15) is 14.4 Å². The molecule has 0 spiro atoms. The molecule has 160 valence electrons. The number of amides is 1. The number of rotatable bonds is 4. The van der Waals surface area contributed by atoms with Gasteiger partial charge in [0.2, 0.25) is 0 Å². The highest BCUT2D eigenvalue weighted by Gasteiger charge is 2.42. The van der Waals surface area contributed by atoms with Crippen LogP contribution in [0.5, 0.6) is 0 Å². The molecule has 1 amide bonds. The minimum absolute atomic E-state index is 0.132. The summed E-state index contributed by atoms with van der Waals surface area (Å²) in [6.07, 6.45) is 0.618. The van der Waals surface area contributed by atoms with Crippen molar-refractivity contribution in [3.05, 3.63) is 46.4 Å². The van der Waals surface area contributed by atoms with Gasteiger partial charge in [-0.1, -0.05) is 34.1 Å². The average Bonchev–Trinajstić information content (AvgIpc) is 3.05. The molecule has 0 saturated carbocycles. The molecule has 1 saturated heterocycles. The summed E-state index contributed by atoms with van der Waals surface area (Å²) in [5.41, 5.74) is -0.184. The Bertz CT molecular complexity index is 981. The molecule has 1 aliphatic heterocycles. The van der Waals surface area contributed by atoms with Gasteiger partial charge in [0.25, 0.3) is 0 Å². The molecule has 3 rings (SSSR count). The molecule has 0 radical (unpaired) electrons. The van der Waals surface area contributed by atoms with Crippen molar-refractivity contribution in [2.45, 2.75) is 58.2 Å². The molecule has 2 aromatic rings. The average molecular weight is 476 g/mol. The monoisotopic (exact) mass is 475 g/mol. The van der Waals surface area contributed by atoms with Crippen LogP contribution in [-0.4, -0.2) is 47.0 Å². The number of fused-ring (bicyclic) bond motifs is 1. The minimum atomic E-state index is -0.739. The van der Waals surface area contributed by atoms with Crippen molar-refractivity contribution in [1.82, 2.24) is 4.90 Å². The van der Waals surface area contributed by atoms with Crippen LogP contribution in [0.25, 0.3) is 10.8 Å². The van der Waals surface area contributed by atoms with Crippen molar-refractivity contribution in [3.8, 4) is 0 Å². The van der Waals surface area contributed by atoms with Crippen molar-refractivity contribution >= 4 is 44.5 Å². The van der Waals surface area contributed by atoms with Gasteiger partial charge in [-0.3, -0.25) is 9.69 Å². The molecule has 1 aliphatic rings. The Morgan fingerprint density at radius 2 is 1.73 bits per heavy atom. The maximum absolute atomic E-state index is 12.6. The zero-order valence-corrected chi connectivity index (χ0v) is 19.2. The number of carbonyl (C=O) groups excluding carboxylic acids is 3. The van der Waals surface area contributed by atoms with E-state index in [-0.39, 0.29) is 18.4 Å². The Morgan fingerprint density at radius 3 is 2.43 bits per heavy atom. The number of hydrogen-bond acceptors (Lipinski definition) is 5. The number of benzene rings is 2. The predicted molar refractivity (Wildman–Crippen MR) is 117 cm³/mol. The van der Waals surface area contributed by atoms with E-state index in [0.717, 1.165) is 15.2 Å². The van der Waals surface area contributed by atoms with Crippen LogP contribution in [0.3, 0.4) is 0 Å². The lowest BCUT2D eigenvalue weighted by Gasteiger charge is -2.30.